The summed E-state index contributed by atoms with van der Waals surface area (Å²) in [5.41, 5.74) is 0.300. The second-order valence-electron chi connectivity index (χ2n) is 7.85. The van der Waals surface area contributed by atoms with Crippen LogP contribution in [0.5, 0.6) is 28.7 Å². The van der Waals surface area contributed by atoms with Gasteiger partial charge in [0.05, 0.1) is 25.3 Å². The van der Waals surface area contributed by atoms with E-state index in [0.717, 1.165) is 12.1 Å². The van der Waals surface area contributed by atoms with Gasteiger partial charge in [-0.3, -0.25) is 9.59 Å². The van der Waals surface area contributed by atoms with Crippen LogP contribution in [0.1, 0.15) is 31.8 Å². The van der Waals surface area contributed by atoms with Crippen LogP contribution in [0.25, 0.3) is 0 Å². The van der Waals surface area contributed by atoms with Crippen molar-refractivity contribution in [2.45, 2.75) is 0 Å². The molecule has 0 atom stereocenters. The third-order valence-electron chi connectivity index (χ3n) is 5.42. The zero-order chi connectivity index (χ0) is 27.3. The van der Waals surface area contributed by atoms with Gasteiger partial charge >= 0.3 is 10.4 Å². The van der Waals surface area contributed by atoms with Crippen LogP contribution in [-0.4, -0.2) is 39.3 Å². The number of methoxy groups -OCH3 is 2. The summed E-state index contributed by atoms with van der Waals surface area (Å²) in [5, 5.41) is 10.4. The van der Waals surface area contributed by atoms with Crippen LogP contribution in [0.15, 0.2) is 91.0 Å². The van der Waals surface area contributed by atoms with Crippen molar-refractivity contribution in [3.8, 4) is 28.7 Å². The lowest BCUT2D eigenvalue weighted by atomic mass is 10.0. The van der Waals surface area contributed by atoms with Crippen LogP contribution in [0.3, 0.4) is 0 Å². The summed E-state index contributed by atoms with van der Waals surface area (Å²) in [7, 11) is -2.29. The van der Waals surface area contributed by atoms with Crippen LogP contribution in [0.2, 0.25) is 0 Å². The summed E-state index contributed by atoms with van der Waals surface area (Å²) in [4.78, 5) is 26.0. The maximum absolute atomic E-state index is 13.1. The molecule has 10 heteroatoms. The minimum atomic E-state index is -4.88. The highest BCUT2D eigenvalue weighted by atomic mass is 32.3. The molecule has 0 aromatic heterocycles. The number of hydrogen-bond donors (Lipinski definition) is 1. The Bertz CT molecular complexity index is 1580. The molecule has 0 fully saturated rings. The van der Waals surface area contributed by atoms with Crippen LogP contribution >= 0.6 is 0 Å². The Balaban J connectivity index is 1.69. The lowest BCUT2D eigenvalue weighted by Gasteiger charge is -2.15. The fourth-order valence-corrected chi connectivity index (χ4v) is 4.31. The molecular weight excluding hydrogens is 512 g/mol. The van der Waals surface area contributed by atoms with Gasteiger partial charge < -0.3 is 22.9 Å². The summed E-state index contributed by atoms with van der Waals surface area (Å²) in [6, 6.07) is 22.5. The summed E-state index contributed by atoms with van der Waals surface area (Å²) in [6.45, 7) is 0. The van der Waals surface area contributed by atoms with Crippen molar-refractivity contribution in [1.29, 1.82) is 0 Å². The van der Waals surface area contributed by atoms with Gasteiger partial charge in [-0.25, -0.2) is 0 Å². The first-order valence-corrected chi connectivity index (χ1v) is 12.5. The zero-order valence-electron chi connectivity index (χ0n) is 20.3. The normalized spacial score (nSPS) is 10.9. The van der Waals surface area contributed by atoms with Crippen LogP contribution in [0.4, 0.5) is 0 Å². The lowest BCUT2D eigenvalue weighted by molar-refractivity contribution is 0.102. The number of ether oxygens (including phenoxy) is 2. The summed E-state index contributed by atoms with van der Waals surface area (Å²) < 4.78 is 46.6. The van der Waals surface area contributed by atoms with Gasteiger partial charge in [0.2, 0.25) is 0 Å². The van der Waals surface area contributed by atoms with E-state index in [9.17, 15) is 23.1 Å². The highest BCUT2D eigenvalue weighted by Crippen LogP contribution is 2.37. The Labute approximate surface area is 219 Å². The highest BCUT2D eigenvalue weighted by molar-refractivity contribution is 7.82. The summed E-state index contributed by atoms with van der Waals surface area (Å²) in [6.07, 6.45) is 0. The van der Waals surface area contributed by atoms with E-state index in [4.69, 9.17) is 17.8 Å². The van der Waals surface area contributed by atoms with Gasteiger partial charge in [0.15, 0.2) is 28.8 Å². The molecule has 38 heavy (non-hydrogen) atoms. The maximum atomic E-state index is 13.1. The predicted octanol–water partition coefficient (Wildman–Crippen LogP) is 4.57. The van der Waals surface area contributed by atoms with E-state index in [1.807, 2.05) is 0 Å². The van der Waals surface area contributed by atoms with Gasteiger partial charge in [0.25, 0.3) is 0 Å². The third kappa shape index (κ3) is 5.76. The smallest absolute Gasteiger partial charge is 0.501 e. The lowest BCUT2D eigenvalue weighted by Crippen LogP contribution is -2.19. The molecule has 0 heterocycles. The minimum absolute atomic E-state index is 0.0539. The molecule has 0 spiro atoms. The van der Waals surface area contributed by atoms with Gasteiger partial charge in [-0.05, 0) is 12.1 Å². The molecule has 0 unspecified atom stereocenters. The first-order chi connectivity index (χ1) is 18.2. The second-order valence-corrected chi connectivity index (χ2v) is 9.00. The Morgan fingerprint density at radius 1 is 0.632 bits per heavy atom. The Morgan fingerprint density at radius 2 is 1.18 bits per heavy atom. The molecule has 1 N–H and O–H groups in total. The average Bonchev–Trinajstić information content (AvgIpc) is 2.93. The van der Waals surface area contributed by atoms with Crippen molar-refractivity contribution in [3.63, 3.8) is 0 Å². The van der Waals surface area contributed by atoms with Crippen molar-refractivity contribution in [2.75, 3.05) is 14.2 Å². The minimum Gasteiger partial charge on any atom is -0.507 e. The quantitative estimate of drug-likeness (QED) is 0.291. The molecule has 0 saturated heterocycles. The van der Waals surface area contributed by atoms with Gasteiger partial charge in [-0.1, -0.05) is 60.7 Å². The molecule has 194 valence electrons. The molecule has 0 amide bonds. The van der Waals surface area contributed by atoms with Crippen molar-refractivity contribution in [3.05, 3.63) is 113 Å². The number of ketones is 2. The molecule has 0 saturated carbocycles. The van der Waals surface area contributed by atoms with E-state index < -0.39 is 33.5 Å². The van der Waals surface area contributed by atoms with Gasteiger partial charge in [0, 0.05) is 29.3 Å². The number of carbonyl (C=O) groups is 2. The maximum Gasteiger partial charge on any atom is 0.501 e. The monoisotopic (exact) mass is 534 g/mol. The summed E-state index contributed by atoms with van der Waals surface area (Å²) in [5.74, 6) is -2.19. The number of carbonyl (C=O) groups excluding carboxylic acids is 2. The molecule has 0 radical (unpaired) electrons. The number of phenols is 1. The van der Waals surface area contributed by atoms with E-state index in [-0.39, 0.29) is 33.9 Å². The first-order valence-electron chi connectivity index (χ1n) is 11.1. The second kappa shape index (κ2) is 11.1. The van der Waals surface area contributed by atoms with Crippen molar-refractivity contribution in [1.82, 2.24) is 0 Å². The van der Waals surface area contributed by atoms with E-state index >= 15 is 0 Å². The van der Waals surface area contributed by atoms with Crippen LogP contribution in [-0.2, 0) is 10.4 Å². The molecular formula is C28H22O9S. The third-order valence-corrected chi connectivity index (χ3v) is 6.18. The van der Waals surface area contributed by atoms with Gasteiger partial charge in [0.1, 0.15) is 11.5 Å². The highest BCUT2D eigenvalue weighted by Gasteiger charge is 2.26. The molecule has 9 nitrogen and oxygen atoms in total. The molecule has 0 aliphatic carbocycles. The van der Waals surface area contributed by atoms with E-state index in [1.165, 1.54) is 32.4 Å². The van der Waals surface area contributed by atoms with Crippen molar-refractivity contribution < 1.29 is 41.0 Å². The zero-order valence-corrected chi connectivity index (χ0v) is 21.1. The molecule has 0 bridgehead atoms. The first kappa shape index (κ1) is 26.2. The van der Waals surface area contributed by atoms with E-state index in [1.54, 1.807) is 60.7 Å². The average molecular weight is 535 g/mol. The predicted molar refractivity (Wildman–Crippen MR) is 138 cm³/mol. The molecule has 0 aliphatic heterocycles. The molecule has 4 rings (SSSR count). The van der Waals surface area contributed by atoms with Crippen molar-refractivity contribution in [2.24, 2.45) is 0 Å². The Hall–Kier alpha value is -4.83. The van der Waals surface area contributed by atoms with Crippen molar-refractivity contribution >= 4 is 22.0 Å². The van der Waals surface area contributed by atoms with E-state index in [0.29, 0.717) is 5.56 Å². The number of phenolic OH excluding ortho intramolecular Hbond substituents is 1. The molecule has 4 aromatic rings. The topological polar surface area (TPSA) is 125 Å². The number of benzene rings is 4. The molecule has 4 aromatic carbocycles. The number of rotatable bonds is 10. The Kier molecular flexibility index (Phi) is 7.63. The van der Waals surface area contributed by atoms with Crippen LogP contribution < -0.4 is 17.8 Å². The largest absolute Gasteiger partial charge is 0.507 e. The molecule has 0 aliphatic rings. The fraction of sp³-hybridized carbons (Fsp3) is 0.0714. The Morgan fingerprint density at radius 3 is 1.74 bits per heavy atom. The van der Waals surface area contributed by atoms with Crippen LogP contribution in [0, 0.1) is 0 Å². The SMILES string of the molecule is COc1ccc(C(=O)c2ccccc2)c(OS(=O)(=O)Oc2cc(C(=O)c3ccccc3)c(O)cc2OC)c1. The number of aromatic hydroxyl groups is 1. The standard InChI is InChI=1S/C28H22O9S/c1-34-20-13-14-21(27(30)18-9-5-3-6-10-18)24(15-20)36-38(32,33)37-26-16-22(23(29)17-25(26)35-2)28(31)19-11-7-4-8-12-19/h3-17,29H,1-2H3. The van der Waals surface area contributed by atoms with Gasteiger partial charge in [-0.15, -0.1) is 8.42 Å². The fourth-order valence-electron chi connectivity index (χ4n) is 3.57. The number of hydrogen-bond acceptors (Lipinski definition) is 9. The van der Waals surface area contributed by atoms with Gasteiger partial charge in [-0.2, -0.15) is 0 Å². The van der Waals surface area contributed by atoms with E-state index in [2.05, 4.69) is 0 Å². The summed E-state index contributed by atoms with van der Waals surface area (Å²) >= 11 is 0.